The number of nitrogens with one attached hydrogen (secondary N) is 3. The van der Waals surface area contributed by atoms with Gasteiger partial charge in [-0.2, -0.15) is 0 Å². The van der Waals surface area contributed by atoms with E-state index < -0.39 is 114 Å². The Bertz CT molecular complexity index is 1790. The number of rotatable bonds is 11. The second kappa shape index (κ2) is 21.0. The molecule has 2 fully saturated rings. The van der Waals surface area contributed by atoms with Gasteiger partial charge in [-0.1, -0.05) is 37.4 Å². The van der Waals surface area contributed by atoms with Crippen molar-refractivity contribution < 1.29 is 67.7 Å². The predicted octanol–water partition coefficient (Wildman–Crippen LogP) is 3.74. The number of carbonyl (C=O) groups excluding carboxylic acids is 4. The van der Waals surface area contributed by atoms with Crippen LogP contribution in [0.25, 0.3) is 0 Å². The molecule has 1 saturated carbocycles. The van der Waals surface area contributed by atoms with Gasteiger partial charge in [0.15, 0.2) is 6.29 Å². The van der Waals surface area contributed by atoms with Crippen LogP contribution in [0, 0.1) is 9.49 Å². The van der Waals surface area contributed by atoms with E-state index in [-0.39, 0.29) is 52.5 Å². The van der Waals surface area contributed by atoms with Crippen LogP contribution in [0.3, 0.4) is 0 Å². The van der Waals surface area contributed by atoms with E-state index in [2.05, 4.69) is 20.5 Å². The molecule has 2 heterocycles. The van der Waals surface area contributed by atoms with Crippen molar-refractivity contribution >= 4 is 49.6 Å². The molecule has 1 saturated heterocycles. The van der Waals surface area contributed by atoms with Crippen molar-refractivity contribution in [2.24, 2.45) is 11.7 Å². The van der Waals surface area contributed by atoms with Crippen LogP contribution in [0.15, 0.2) is 36.1 Å². The Balaban J connectivity index is 1.64. The number of carbonyl (C=O) groups is 4. The number of ether oxygens (including phenoxy) is 7. The Morgan fingerprint density at radius 1 is 0.905 bits per heavy atom. The maximum atomic E-state index is 13.4. The van der Waals surface area contributed by atoms with Crippen molar-refractivity contribution in [3.05, 3.63) is 45.2 Å². The van der Waals surface area contributed by atoms with Gasteiger partial charge in [-0.05, 0) is 106 Å². The SMILES string of the molecule is C=Ic1ccc(COC(=O)NCC2=CC[C@@H](NC(=O)OC(C)(C)C)[C@@H](C3[C@@H](NC(=O)OC(C)(C)C)C[C@@H](N)[C@H](O[C@H]4OC[C@](C)(O)[C@H](N(C)C(=O)OC(C)(C)C)[C@H]4O)[C@H]3O)O2)cc1. The fraction of sp³-hybridized carbons (Fsp3) is 0.698. The third-order valence-corrected chi connectivity index (χ3v) is 11.8. The van der Waals surface area contributed by atoms with Crippen LogP contribution in [0.1, 0.15) is 87.6 Å². The zero-order valence-corrected chi connectivity index (χ0v) is 40.3. The van der Waals surface area contributed by atoms with Gasteiger partial charge in [-0.15, -0.1) is 0 Å². The molecular formula is C43H68IN5O14. The molecular weight excluding hydrogens is 937 g/mol. The Labute approximate surface area is 379 Å². The van der Waals surface area contributed by atoms with Crippen LogP contribution in [0.5, 0.6) is 0 Å². The highest BCUT2D eigenvalue weighted by Gasteiger charge is 2.56. The first kappa shape index (κ1) is 51.8. The Kier molecular flexibility index (Phi) is 17.3. The Morgan fingerprint density at radius 3 is 2.03 bits per heavy atom. The quantitative estimate of drug-likeness (QED) is 0.123. The summed E-state index contributed by atoms with van der Waals surface area (Å²) >= 11 is -0.321. The van der Waals surface area contributed by atoms with E-state index in [1.165, 1.54) is 14.0 Å². The van der Waals surface area contributed by atoms with Gasteiger partial charge in [-0.25, -0.2) is 19.2 Å². The van der Waals surface area contributed by atoms with E-state index in [1.807, 2.05) is 24.3 Å². The van der Waals surface area contributed by atoms with E-state index in [4.69, 9.17) is 38.9 Å². The third kappa shape index (κ3) is 15.1. The maximum Gasteiger partial charge on any atom is 0.410 e. The molecule has 0 bridgehead atoms. The Hall–Kier alpha value is -3.80. The number of hydrogen-bond donors (Lipinski definition) is 7. The summed E-state index contributed by atoms with van der Waals surface area (Å²) in [4.78, 5) is 53.7. The molecule has 356 valence electrons. The zero-order chi connectivity index (χ0) is 47.2. The third-order valence-electron chi connectivity index (χ3n) is 10.2. The Morgan fingerprint density at radius 2 is 1.48 bits per heavy atom. The first-order chi connectivity index (χ1) is 29.1. The molecule has 0 spiro atoms. The summed E-state index contributed by atoms with van der Waals surface area (Å²) in [5.74, 6) is -0.856. The van der Waals surface area contributed by atoms with Gasteiger partial charge in [0, 0.05) is 28.6 Å². The van der Waals surface area contributed by atoms with Gasteiger partial charge in [-0.3, -0.25) is 0 Å². The highest BCUT2D eigenvalue weighted by atomic mass is 127. The lowest BCUT2D eigenvalue weighted by atomic mass is 9.72. The number of nitrogens with zero attached hydrogens (tertiary/aromatic N) is 1. The molecule has 1 unspecified atom stereocenters. The zero-order valence-electron chi connectivity index (χ0n) is 38.1. The van der Waals surface area contributed by atoms with Crippen molar-refractivity contribution in [2.75, 3.05) is 20.2 Å². The molecule has 19 nitrogen and oxygen atoms in total. The molecule has 1 aromatic carbocycles. The molecule has 0 aromatic heterocycles. The first-order valence-corrected chi connectivity index (χ1v) is 23.5. The second-order valence-corrected chi connectivity index (χ2v) is 21.3. The summed E-state index contributed by atoms with van der Waals surface area (Å²) in [7, 11) is 1.37. The molecule has 4 amide bonds. The number of nitrogens with two attached hydrogens (primary N) is 1. The summed E-state index contributed by atoms with van der Waals surface area (Å²) in [5, 5.41) is 43.8. The molecule has 1 aromatic rings. The minimum atomic E-state index is -1.76. The smallest absolute Gasteiger partial charge is 0.410 e. The minimum Gasteiger partial charge on any atom is -0.491 e. The van der Waals surface area contributed by atoms with Gasteiger partial charge >= 0.3 is 24.4 Å². The van der Waals surface area contributed by atoms with Crippen molar-refractivity contribution in [1.29, 1.82) is 0 Å². The van der Waals surface area contributed by atoms with E-state index in [1.54, 1.807) is 68.4 Å². The van der Waals surface area contributed by atoms with Gasteiger partial charge in [0.25, 0.3) is 0 Å². The van der Waals surface area contributed by atoms with Crippen LogP contribution in [-0.4, -0.2) is 147 Å². The fourth-order valence-electron chi connectivity index (χ4n) is 7.62. The number of aliphatic hydroxyl groups is 3. The fourth-order valence-corrected chi connectivity index (χ4v) is 8.49. The van der Waals surface area contributed by atoms with E-state index in [0.717, 1.165) is 14.0 Å². The largest absolute Gasteiger partial charge is 0.491 e. The minimum absolute atomic E-state index is 0.0227. The highest BCUT2D eigenvalue weighted by Crippen LogP contribution is 2.38. The number of benzene rings is 1. The summed E-state index contributed by atoms with van der Waals surface area (Å²) < 4.78 is 45.9. The molecule has 1 aliphatic carbocycles. The summed E-state index contributed by atoms with van der Waals surface area (Å²) in [6.45, 7) is 16.1. The summed E-state index contributed by atoms with van der Waals surface area (Å²) in [6.07, 6.45) is -8.62. The summed E-state index contributed by atoms with van der Waals surface area (Å²) in [5.41, 5.74) is 3.10. The lowest BCUT2D eigenvalue weighted by molar-refractivity contribution is -0.305. The maximum absolute atomic E-state index is 13.4. The van der Waals surface area contributed by atoms with E-state index in [9.17, 15) is 34.5 Å². The first-order valence-electron chi connectivity index (χ1n) is 20.9. The summed E-state index contributed by atoms with van der Waals surface area (Å²) in [6, 6.07) is 3.48. The number of likely N-dealkylation sites (N-methyl/N-ethyl adjacent to an activating group) is 1. The molecule has 11 atom stereocenters. The van der Waals surface area contributed by atoms with Crippen molar-refractivity contribution in [3.63, 3.8) is 0 Å². The average molecular weight is 1010 g/mol. The van der Waals surface area contributed by atoms with E-state index >= 15 is 0 Å². The topological polar surface area (TPSA) is 259 Å². The number of amides is 4. The monoisotopic (exact) mass is 1010 g/mol. The van der Waals surface area contributed by atoms with Crippen molar-refractivity contribution in [1.82, 2.24) is 20.9 Å². The van der Waals surface area contributed by atoms with Crippen LogP contribution < -0.4 is 21.7 Å². The standard InChI is InChI=1S/C43H68IN5O14/c1-40(2,3)61-37(53)47-27-18-17-25(20-46-36(52)57-21-23-13-15-24(44-11)16-14-23)59-33(27)29-28(48-38(54)62-41(4,5)6)19-26(45)32(30(29)50)60-35-31(51)34(43(10,56)22-58-35)49(12)39(55)63-42(7,8)9/h13-17,26-35,50-51,56H,11,18-22,45H2,1-10,12H3,(H,46,52)(H,47,53)(H,48,54)/t26-,27-,28+,29?,30+,31-,32+,33+,34-,35-,43+/m1/s1. The lowest BCUT2D eigenvalue weighted by Crippen LogP contribution is -2.70. The van der Waals surface area contributed by atoms with Crippen LogP contribution >= 0.6 is 20.7 Å². The molecule has 8 N–H and O–H groups in total. The van der Waals surface area contributed by atoms with Gasteiger partial charge in [0.1, 0.15) is 53.1 Å². The lowest BCUT2D eigenvalue weighted by Gasteiger charge is -2.51. The molecule has 2 aliphatic heterocycles. The molecule has 3 aliphatic rings. The van der Waals surface area contributed by atoms with Crippen LogP contribution in [-0.2, 0) is 39.8 Å². The van der Waals surface area contributed by atoms with Gasteiger partial charge < -0.3 is 75.1 Å². The number of hydrogen-bond acceptors (Lipinski definition) is 15. The predicted molar refractivity (Wildman–Crippen MR) is 239 cm³/mol. The molecule has 0 radical (unpaired) electrons. The second-order valence-electron chi connectivity index (χ2n) is 19.3. The van der Waals surface area contributed by atoms with Crippen LogP contribution in [0.4, 0.5) is 19.2 Å². The highest BCUT2D eigenvalue weighted by molar-refractivity contribution is 14.2. The van der Waals surface area contributed by atoms with Crippen molar-refractivity contribution in [2.45, 2.75) is 166 Å². The molecule has 4 rings (SSSR count). The molecule has 63 heavy (non-hydrogen) atoms. The van der Waals surface area contributed by atoms with Gasteiger partial charge in [0.05, 0.1) is 31.3 Å². The number of aliphatic hydroxyl groups excluding tert-OH is 2. The molecule has 20 heteroatoms. The normalized spacial score (nSPS) is 30.1. The van der Waals surface area contributed by atoms with Crippen molar-refractivity contribution in [3.8, 4) is 0 Å². The van der Waals surface area contributed by atoms with Crippen LogP contribution in [0.2, 0.25) is 0 Å². The van der Waals surface area contributed by atoms with E-state index in [0.29, 0.717) is 0 Å². The van der Waals surface area contributed by atoms with Gasteiger partial charge in [0.2, 0.25) is 0 Å². The number of halogens is 1. The number of alkyl carbamates (subject to hydrolysis) is 3. The average Bonchev–Trinajstić information content (AvgIpc) is 3.14.